The number of fused-ring (bicyclic) bond motifs is 2. The van der Waals surface area contributed by atoms with Gasteiger partial charge in [-0.15, -0.1) is 0 Å². The number of carbonyl (C=O) groups excluding carboxylic acids is 1. The first kappa shape index (κ1) is 33.9. The fourth-order valence-electron chi connectivity index (χ4n) is 7.13. The van der Waals surface area contributed by atoms with Gasteiger partial charge in [-0.2, -0.15) is 15.2 Å². The fourth-order valence-corrected chi connectivity index (χ4v) is 7.13. The number of aromatic nitrogens is 2. The van der Waals surface area contributed by atoms with E-state index in [0.29, 0.717) is 32.6 Å². The van der Waals surface area contributed by atoms with Crippen LogP contribution in [0.4, 0.5) is 21.1 Å². The van der Waals surface area contributed by atoms with Gasteiger partial charge in [-0.25, -0.2) is 9.59 Å². The Bertz CT molecular complexity index is 1920. The third kappa shape index (κ3) is 7.46. The first-order chi connectivity index (χ1) is 24.9. The molecule has 7 rings (SSSR count). The molecule has 3 aromatic carbocycles. The maximum atomic E-state index is 13.2. The summed E-state index contributed by atoms with van der Waals surface area (Å²) in [5, 5.41) is 21.7. The lowest BCUT2D eigenvalue weighted by molar-refractivity contribution is -0.0657. The van der Waals surface area contributed by atoms with E-state index in [4.69, 9.17) is 24.2 Å². The molecule has 0 bridgehead atoms. The van der Waals surface area contributed by atoms with E-state index in [-0.39, 0.29) is 44.8 Å². The molecular formula is C38H41N7O6. The first-order valence-corrected chi connectivity index (χ1v) is 17.3. The standard InChI is InChI=1S/C38H41N7O6/c1-26-23-49-30(21-45(26)37(46)47)25-50-36-40-33-22-42(34-13-7-11-28-10-5-6-12-31(28)34)17-15-32(33)35(41-36)43-18-19-44(29(20-43)14-16-39)38(48)51-24-27-8-3-2-4-9-27/h2-13,26,29-30H,14-15,17-25H2,1H3,(H,46,47)/t26?,29-,30?/m0/s1. The maximum absolute atomic E-state index is 13.2. The molecule has 0 radical (unpaired) electrons. The minimum Gasteiger partial charge on any atom is -0.465 e. The highest BCUT2D eigenvalue weighted by Gasteiger charge is 2.35. The number of benzene rings is 3. The van der Waals surface area contributed by atoms with Crippen molar-refractivity contribution in [2.45, 2.75) is 51.1 Å². The Morgan fingerprint density at radius 1 is 0.961 bits per heavy atom. The summed E-state index contributed by atoms with van der Waals surface area (Å²) in [6.45, 7) is 5.02. The molecule has 3 aliphatic rings. The van der Waals surface area contributed by atoms with Crippen LogP contribution in [0.2, 0.25) is 0 Å². The zero-order valence-corrected chi connectivity index (χ0v) is 28.6. The molecule has 3 atom stereocenters. The van der Waals surface area contributed by atoms with Crippen LogP contribution in [-0.4, -0.2) is 101 Å². The van der Waals surface area contributed by atoms with Gasteiger partial charge in [0.15, 0.2) is 0 Å². The maximum Gasteiger partial charge on any atom is 0.410 e. The third-order valence-corrected chi connectivity index (χ3v) is 9.83. The molecule has 13 heteroatoms. The number of ether oxygens (including phenoxy) is 3. The molecule has 4 aromatic rings. The molecule has 3 aliphatic heterocycles. The smallest absolute Gasteiger partial charge is 0.410 e. The number of hydrogen-bond acceptors (Lipinski definition) is 10. The van der Waals surface area contributed by atoms with Crippen LogP contribution in [0, 0.1) is 11.3 Å². The number of morpholine rings is 1. The van der Waals surface area contributed by atoms with Crippen molar-refractivity contribution < 1.29 is 28.9 Å². The summed E-state index contributed by atoms with van der Waals surface area (Å²) in [7, 11) is 0. The van der Waals surface area contributed by atoms with E-state index in [1.54, 1.807) is 4.90 Å². The van der Waals surface area contributed by atoms with Gasteiger partial charge in [0.05, 0.1) is 50.0 Å². The highest BCUT2D eigenvalue weighted by molar-refractivity contribution is 5.94. The number of rotatable bonds is 8. The molecule has 2 amide bonds. The fraction of sp³-hybridized carbons (Fsp3) is 0.395. The van der Waals surface area contributed by atoms with Gasteiger partial charge in [0.1, 0.15) is 25.1 Å². The molecule has 0 saturated carbocycles. The normalized spacial score (nSPS) is 20.4. The molecule has 4 heterocycles. The number of nitrogens with zero attached hydrogens (tertiary/aromatic N) is 7. The lowest BCUT2D eigenvalue weighted by Gasteiger charge is -2.42. The second-order valence-corrected chi connectivity index (χ2v) is 13.2. The van der Waals surface area contributed by atoms with Gasteiger partial charge < -0.3 is 38.9 Å². The molecular weight excluding hydrogens is 650 g/mol. The molecule has 13 nitrogen and oxygen atoms in total. The molecule has 0 aliphatic carbocycles. The number of anilines is 2. The number of nitriles is 1. The summed E-state index contributed by atoms with van der Waals surface area (Å²) in [6.07, 6.45) is -1.09. The molecule has 264 valence electrons. The molecule has 2 saturated heterocycles. The number of carboxylic acid groups (broad SMARTS) is 1. The Kier molecular flexibility index (Phi) is 10.0. The van der Waals surface area contributed by atoms with Crippen LogP contribution in [0.25, 0.3) is 10.8 Å². The lowest BCUT2D eigenvalue weighted by Crippen LogP contribution is -2.55. The largest absolute Gasteiger partial charge is 0.465 e. The Balaban J connectivity index is 1.14. The number of piperazine rings is 1. The van der Waals surface area contributed by atoms with Gasteiger partial charge in [0.2, 0.25) is 0 Å². The highest BCUT2D eigenvalue weighted by atomic mass is 16.6. The van der Waals surface area contributed by atoms with E-state index in [2.05, 4.69) is 46.2 Å². The predicted molar refractivity (Wildman–Crippen MR) is 190 cm³/mol. The van der Waals surface area contributed by atoms with Crippen molar-refractivity contribution in [2.24, 2.45) is 0 Å². The Morgan fingerprint density at radius 2 is 1.76 bits per heavy atom. The van der Waals surface area contributed by atoms with E-state index < -0.39 is 24.3 Å². The minimum absolute atomic E-state index is 0.0832. The van der Waals surface area contributed by atoms with Gasteiger partial charge >= 0.3 is 18.2 Å². The summed E-state index contributed by atoms with van der Waals surface area (Å²) in [5.41, 5.74) is 3.86. The summed E-state index contributed by atoms with van der Waals surface area (Å²) < 4.78 is 17.7. The summed E-state index contributed by atoms with van der Waals surface area (Å²) in [4.78, 5) is 42.3. The van der Waals surface area contributed by atoms with Crippen molar-refractivity contribution in [2.75, 3.05) is 55.7 Å². The van der Waals surface area contributed by atoms with Crippen molar-refractivity contribution in [1.82, 2.24) is 19.8 Å². The van der Waals surface area contributed by atoms with Crippen LogP contribution >= 0.6 is 0 Å². The highest BCUT2D eigenvalue weighted by Crippen LogP contribution is 2.35. The van der Waals surface area contributed by atoms with E-state index >= 15 is 0 Å². The van der Waals surface area contributed by atoms with Crippen LogP contribution in [-0.2, 0) is 29.0 Å². The van der Waals surface area contributed by atoms with Crippen LogP contribution in [0.5, 0.6) is 6.01 Å². The monoisotopic (exact) mass is 691 g/mol. The number of amides is 2. The second kappa shape index (κ2) is 15.1. The Labute approximate surface area is 296 Å². The van der Waals surface area contributed by atoms with Crippen molar-refractivity contribution >= 4 is 34.5 Å². The van der Waals surface area contributed by atoms with E-state index in [1.807, 2.05) is 49.4 Å². The molecule has 2 fully saturated rings. The van der Waals surface area contributed by atoms with Crippen molar-refractivity contribution in [3.05, 3.63) is 89.6 Å². The zero-order valence-electron chi connectivity index (χ0n) is 28.6. The first-order valence-electron chi connectivity index (χ1n) is 17.3. The van der Waals surface area contributed by atoms with Crippen LogP contribution in [0.15, 0.2) is 72.8 Å². The Morgan fingerprint density at radius 3 is 2.59 bits per heavy atom. The molecule has 1 N–H and O–H groups in total. The van der Waals surface area contributed by atoms with E-state index in [1.165, 1.54) is 4.90 Å². The predicted octanol–water partition coefficient (Wildman–Crippen LogP) is 5.08. The topological polar surface area (TPSA) is 145 Å². The van der Waals surface area contributed by atoms with E-state index in [0.717, 1.165) is 45.6 Å². The SMILES string of the molecule is CC1COC(COc2nc3c(c(N4CCN(C(=O)OCc5ccccc5)[C@@H](CC#N)C4)n2)CCN(c2cccc4ccccc24)C3)CN1C(=O)O. The summed E-state index contributed by atoms with van der Waals surface area (Å²) in [5.74, 6) is 0.721. The van der Waals surface area contributed by atoms with Crippen LogP contribution in [0.3, 0.4) is 0 Å². The lowest BCUT2D eigenvalue weighted by atomic mass is 10.0. The summed E-state index contributed by atoms with van der Waals surface area (Å²) in [6, 6.07) is 25.9. The van der Waals surface area contributed by atoms with Crippen LogP contribution < -0.4 is 14.5 Å². The quantitative estimate of drug-likeness (QED) is 0.264. The molecule has 51 heavy (non-hydrogen) atoms. The zero-order chi connectivity index (χ0) is 35.3. The van der Waals surface area contributed by atoms with Gasteiger partial charge in [-0.05, 0) is 30.4 Å². The molecule has 1 aromatic heterocycles. The van der Waals surface area contributed by atoms with Crippen LogP contribution in [0.1, 0.15) is 30.2 Å². The van der Waals surface area contributed by atoms with Gasteiger partial charge in [-0.1, -0.05) is 66.7 Å². The van der Waals surface area contributed by atoms with Gasteiger partial charge in [0.25, 0.3) is 0 Å². The van der Waals surface area contributed by atoms with Crippen molar-refractivity contribution in [1.29, 1.82) is 5.26 Å². The van der Waals surface area contributed by atoms with Gasteiger partial charge in [-0.3, -0.25) is 0 Å². The number of hydrogen-bond donors (Lipinski definition) is 1. The Hall–Kier alpha value is -5.61. The molecule has 0 spiro atoms. The minimum atomic E-state index is -0.994. The van der Waals surface area contributed by atoms with Crippen molar-refractivity contribution in [3.8, 4) is 12.1 Å². The number of carbonyl (C=O) groups is 2. The molecule has 2 unspecified atom stereocenters. The third-order valence-electron chi connectivity index (χ3n) is 9.83. The second-order valence-electron chi connectivity index (χ2n) is 13.2. The summed E-state index contributed by atoms with van der Waals surface area (Å²) >= 11 is 0. The average molecular weight is 692 g/mol. The van der Waals surface area contributed by atoms with E-state index in [9.17, 15) is 20.0 Å². The van der Waals surface area contributed by atoms with Crippen molar-refractivity contribution in [3.63, 3.8) is 0 Å². The average Bonchev–Trinajstić information content (AvgIpc) is 3.16. The van der Waals surface area contributed by atoms with Gasteiger partial charge in [0, 0.05) is 42.8 Å².